The van der Waals surface area contributed by atoms with Gasteiger partial charge in [0.05, 0.1) is 6.54 Å². The fourth-order valence-electron chi connectivity index (χ4n) is 2.80. The van der Waals surface area contributed by atoms with E-state index in [1.807, 2.05) is 37.3 Å². The molecule has 0 bridgehead atoms. The molecule has 1 fully saturated rings. The van der Waals surface area contributed by atoms with Crippen LogP contribution in [0.5, 0.6) is 0 Å². The van der Waals surface area contributed by atoms with Gasteiger partial charge in [-0.1, -0.05) is 42.4 Å². The Morgan fingerprint density at radius 3 is 2.71 bits per heavy atom. The van der Waals surface area contributed by atoms with Crippen molar-refractivity contribution in [2.45, 2.75) is 32.9 Å². The molecule has 0 saturated carbocycles. The summed E-state index contributed by atoms with van der Waals surface area (Å²) in [6, 6.07) is 8.94. The lowest BCUT2D eigenvalue weighted by Gasteiger charge is -2.37. The maximum Gasteiger partial charge on any atom is 0.246 e. The van der Waals surface area contributed by atoms with Crippen LogP contribution in [0.4, 0.5) is 0 Å². The largest absolute Gasteiger partial charge is 0.337 e. The van der Waals surface area contributed by atoms with Crippen LogP contribution in [-0.2, 0) is 16.1 Å². The van der Waals surface area contributed by atoms with E-state index in [1.54, 1.807) is 11.8 Å². The smallest absolute Gasteiger partial charge is 0.246 e. The number of carbonyl (C=O) groups excluding carboxylic acids is 2. The van der Waals surface area contributed by atoms with Gasteiger partial charge >= 0.3 is 0 Å². The predicted molar refractivity (Wildman–Crippen MR) is 86.6 cm³/mol. The van der Waals surface area contributed by atoms with Crippen molar-refractivity contribution in [2.75, 3.05) is 13.1 Å². The summed E-state index contributed by atoms with van der Waals surface area (Å²) in [5, 5.41) is 3.95. The van der Waals surface area contributed by atoms with Gasteiger partial charge in [-0.3, -0.25) is 9.59 Å². The highest BCUT2D eigenvalue weighted by Crippen LogP contribution is 2.19. The number of amides is 2. The van der Waals surface area contributed by atoms with E-state index in [1.165, 1.54) is 4.90 Å². The Balaban J connectivity index is 1.73. The van der Waals surface area contributed by atoms with Crippen LogP contribution >= 0.6 is 0 Å². The van der Waals surface area contributed by atoms with Crippen LogP contribution in [0.3, 0.4) is 0 Å². The first-order chi connectivity index (χ1) is 11.6. The summed E-state index contributed by atoms with van der Waals surface area (Å²) in [7, 11) is 0. The monoisotopic (exact) mass is 328 g/mol. The lowest BCUT2D eigenvalue weighted by Crippen LogP contribution is -2.58. The number of rotatable bonds is 5. The second kappa shape index (κ2) is 6.82. The van der Waals surface area contributed by atoms with Gasteiger partial charge in [0, 0.05) is 12.1 Å². The van der Waals surface area contributed by atoms with Crippen LogP contribution < -0.4 is 0 Å². The van der Waals surface area contributed by atoms with Gasteiger partial charge in [-0.2, -0.15) is 4.98 Å². The molecule has 0 radical (unpaired) electrons. The van der Waals surface area contributed by atoms with Gasteiger partial charge in [0.1, 0.15) is 12.6 Å². The quantitative estimate of drug-likeness (QED) is 0.835. The SMILES string of the molecule is CCCN1CC(=O)N(Cc2nc(-c3ccccc3)no2)[C@H](C)C1=O. The zero-order chi connectivity index (χ0) is 17.1. The molecule has 1 atom stereocenters. The molecule has 7 nitrogen and oxygen atoms in total. The number of hydrogen-bond donors (Lipinski definition) is 0. The average Bonchev–Trinajstić information content (AvgIpc) is 3.06. The van der Waals surface area contributed by atoms with E-state index in [0.717, 1.165) is 12.0 Å². The number of carbonyl (C=O) groups is 2. The number of aromatic nitrogens is 2. The van der Waals surface area contributed by atoms with Gasteiger partial charge in [-0.25, -0.2) is 0 Å². The molecule has 1 aromatic heterocycles. The van der Waals surface area contributed by atoms with E-state index < -0.39 is 6.04 Å². The summed E-state index contributed by atoms with van der Waals surface area (Å²) in [6.45, 7) is 4.57. The van der Waals surface area contributed by atoms with Crippen molar-refractivity contribution < 1.29 is 14.1 Å². The Labute approximate surface area is 140 Å². The van der Waals surface area contributed by atoms with E-state index in [-0.39, 0.29) is 24.9 Å². The molecule has 2 heterocycles. The van der Waals surface area contributed by atoms with E-state index in [0.29, 0.717) is 18.3 Å². The van der Waals surface area contributed by atoms with Gasteiger partial charge in [-0.15, -0.1) is 0 Å². The average molecular weight is 328 g/mol. The third-order valence-corrected chi connectivity index (χ3v) is 4.08. The Kier molecular flexibility index (Phi) is 4.59. The molecule has 2 aromatic rings. The van der Waals surface area contributed by atoms with E-state index in [9.17, 15) is 9.59 Å². The minimum Gasteiger partial charge on any atom is -0.337 e. The van der Waals surface area contributed by atoms with Gasteiger partial charge in [0.25, 0.3) is 0 Å². The molecule has 126 valence electrons. The summed E-state index contributed by atoms with van der Waals surface area (Å²) in [5.74, 6) is 0.654. The summed E-state index contributed by atoms with van der Waals surface area (Å²) in [6.07, 6.45) is 0.829. The molecule has 1 aliphatic rings. The first kappa shape index (κ1) is 16.2. The minimum atomic E-state index is -0.523. The van der Waals surface area contributed by atoms with Crippen LogP contribution in [0.2, 0.25) is 0 Å². The Hall–Kier alpha value is -2.70. The number of hydrogen-bond acceptors (Lipinski definition) is 5. The van der Waals surface area contributed by atoms with Crippen molar-refractivity contribution in [1.29, 1.82) is 0 Å². The second-order valence-electron chi connectivity index (χ2n) is 5.84. The molecule has 0 aliphatic carbocycles. The molecule has 0 spiro atoms. The van der Waals surface area contributed by atoms with Crippen LogP contribution in [0.1, 0.15) is 26.2 Å². The summed E-state index contributed by atoms with van der Waals surface area (Å²) >= 11 is 0. The zero-order valence-electron chi connectivity index (χ0n) is 13.8. The lowest BCUT2D eigenvalue weighted by atomic mass is 10.1. The van der Waals surface area contributed by atoms with E-state index in [4.69, 9.17) is 4.52 Å². The van der Waals surface area contributed by atoms with Crippen LogP contribution in [0.15, 0.2) is 34.9 Å². The van der Waals surface area contributed by atoms with Gasteiger partial charge < -0.3 is 14.3 Å². The van der Waals surface area contributed by atoms with Crippen molar-refractivity contribution in [3.63, 3.8) is 0 Å². The van der Waals surface area contributed by atoms with Gasteiger partial charge in [-0.05, 0) is 13.3 Å². The summed E-state index contributed by atoms with van der Waals surface area (Å²) in [4.78, 5) is 32.1. The molecule has 0 N–H and O–H groups in total. The van der Waals surface area contributed by atoms with Crippen molar-refractivity contribution in [2.24, 2.45) is 0 Å². The third kappa shape index (κ3) is 3.15. The Morgan fingerprint density at radius 2 is 2.00 bits per heavy atom. The molecule has 3 rings (SSSR count). The number of nitrogens with zero attached hydrogens (tertiary/aromatic N) is 4. The molecule has 2 amide bonds. The van der Waals surface area contributed by atoms with Crippen molar-refractivity contribution in [3.05, 3.63) is 36.2 Å². The fourth-order valence-corrected chi connectivity index (χ4v) is 2.80. The lowest BCUT2D eigenvalue weighted by molar-refractivity contribution is -0.156. The summed E-state index contributed by atoms with van der Waals surface area (Å²) in [5.41, 5.74) is 0.843. The molecular formula is C17H20N4O3. The fraction of sp³-hybridized carbons (Fsp3) is 0.412. The van der Waals surface area contributed by atoms with Crippen molar-refractivity contribution in [3.8, 4) is 11.4 Å². The molecule has 1 saturated heterocycles. The first-order valence-corrected chi connectivity index (χ1v) is 8.06. The maximum atomic E-state index is 12.4. The molecule has 7 heteroatoms. The van der Waals surface area contributed by atoms with E-state index in [2.05, 4.69) is 10.1 Å². The first-order valence-electron chi connectivity index (χ1n) is 8.06. The van der Waals surface area contributed by atoms with Crippen LogP contribution in [-0.4, -0.2) is 50.9 Å². The highest BCUT2D eigenvalue weighted by Gasteiger charge is 2.36. The minimum absolute atomic E-state index is 0.0424. The Bertz CT molecular complexity index is 728. The van der Waals surface area contributed by atoms with E-state index >= 15 is 0 Å². The highest BCUT2D eigenvalue weighted by atomic mass is 16.5. The van der Waals surface area contributed by atoms with Crippen molar-refractivity contribution >= 4 is 11.8 Å². The highest BCUT2D eigenvalue weighted by molar-refractivity contribution is 5.94. The number of piperazine rings is 1. The molecule has 0 unspecified atom stereocenters. The van der Waals surface area contributed by atoms with Crippen LogP contribution in [0, 0.1) is 0 Å². The second-order valence-corrected chi connectivity index (χ2v) is 5.84. The topological polar surface area (TPSA) is 79.5 Å². The molecule has 1 aliphatic heterocycles. The number of benzene rings is 1. The maximum absolute atomic E-state index is 12.4. The standard InChI is InChI=1S/C17H20N4O3/c1-3-9-20-11-15(22)21(12(2)17(20)23)10-14-18-16(19-24-14)13-7-5-4-6-8-13/h4-8,12H,3,9-11H2,1-2H3/t12-/m1/s1. The van der Waals surface area contributed by atoms with Gasteiger partial charge in [0.15, 0.2) is 0 Å². The summed E-state index contributed by atoms with van der Waals surface area (Å²) < 4.78 is 5.25. The Morgan fingerprint density at radius 1 is 1.25 bits per heavy atom. The molecule has 24 heavy (non-hydrogen) atoms. The van der Waals surface area contributed by atoms with Gasteiger partial charge in [0.2, 0.25) is 23.5 Å². The van der Waals surface area contributed by atoms with Crippen LogP contribution in [0.25, 0.3) is 11.4 Å². The normalized spacial score (nSPS) is 18.3. The molecular weight excluding hydrogens is 308 g/mol. The van der Waals surface area contributed by atoms with Crippen molar-refractivity contribution in [1.82, 2.24) is 19.9 Å². The predicted octanol–water partition coefficient (Wildman–Crippen LogP) is 1.71. The third-order valence-electron chi connectivity index (χ3n) is 4.08. The molecule has 1 aromatic carbocycles. The zero-order valence-corrected chi connectivity index (χ0v) is 13.8.